The maximum atomic E-state index is 5.13. The van der Waals surface area contributed by atoms with Gasteiger partial charge in [-0.15, -0.1) is 0 Å². The number of halogens is 1. The van der Waals surface area contributed by atoms with Crippen molar-refractivity contribution in [3.8, 4) is 0 Å². The second-order valence-electron chi connectivity index (χ2n) is 2.67. The standard InChI is InChI=1S/C9H8BrNO/c10-8-3-1-7(2-4-8)9-5-6-11-12-9/h1-4,6,9H,5H2/t9-/m0/s1. The van der Waals surface area contributed by atoms with Crippen molar-refractivity contribution in [3.05, 3.63) is 34.3 Å². The highest BCUT2D eigenvalue weighted by Crippen LogP contribution is 2.25. The van der Waals surface area contributed by atoms with Crippen LogP contribution in [0.3, 0.4) is 0 Å². The van der Waals surface area contributed by atoms with E-state index in [1.165, 1.54) is 5.56 Å². The average Bonchev–Trinajstić information content (AvgIpc) is 2.58. The summed E-state index contributed by atoms with van der Waals surface area (Å²) in [7, 11) is 0. The minimum Gasteiger partial charge on any atom is -0.388 e. The summed E-state index contributed by atoms with van der Waals surface area (Å²) in [5.74, 6) is 0. The Kier molecular flexibility index (Phi) is 2.13. The normalized spacial score (nSPS) is 20.9. The highest BCUT2D eigenvalue weighted by atomic mass is 79.9. The Morgan fingerprint density at radius 2 is 2.08 bits per heavy atom. The summed E-state index contributed by atoms with van der Waals surface area (Å²) < 4.78 is 1.09. The molecule has 2 rings (SSSR count). The first kappa shape index (κ1) is 7.80. The Hall–Kier alpha value is -0.830. The van der Waals surface area contributed by atoms with Gasteiger partial charge in [0.1, 0.15) is 0 Å². The predicted octanol–water partition coefficient (Wildman–Crippen LogP) is 2.90. The maximum Gasteiger partial charge on any atom is 0.157 e. The van der Waals surface area contributed by atoms with Crippen LogP contribution in [0.15, 0.2) is 33.9 Å². The highest BCUT2D eigenvalue weighted by molar-refractivity contribution is 9.10. The number of rotatable bonds is 1. The third-order valence-electron chi connectivity index (χ3n) is 1.82. The number of benzene rings is 1. The zero-order chi connectivity index (χ0) is 8.39. The van der Waals surface area contributed by atoms with Crippen LogP contribution in [0.2, 0.25) is 0 Å². The third-order valence-corrected chi connectivity index (χ3v) is 2.35. The van der Waals surface area contributed by atoms with Crippen LogP contribution in [0.1, 0.15) is 18.1 Å². The molecule has 1 aliphatic heterocycles. The Morgan fingerprint density at radius 3 is 2.67 bits per heavy atom. The monoisotopic (exact) mass is 225 g/mol. The van der Waals surface area contributed by atoms with Gasteiger partial charge in [0.15, 0.2) is 6.10 Å². The first-order valence-corrected chi connectivity index (χ1v) is 4.58. The van der Waals surface area contributed by atoms with Crippen molar-refractivity contribution >= 4 is 22.1 Å². The van der Waals surface area contributed by atoms with Gasteiger partial charge in [-0.3, -0.25) is 0 Å². The van der Waals surface area contributed by atoms with Crippen molar-refractivity contribution in [2.75, 3.05) is 0 Å². The van der Waals surface area contributed by atoms with Gasteiger partial charge in [-0.05, 0) is 17.7 Å². The largest absolute Gasteiger partial charge is 0.388 e. The van der Waals surface area contributed by atoms with Crippen molar-refractivity contribution in [3.63, 3.8) is 0 Å². The van der Waals surface area contributed by atoms with E-state index in [1.54, 1.807) is 6.21 Å². The lowest BCUT2D eigenvalue weighted by Gasteiger charge is -2.07. The number of nitrogens with zero attached hydrogens (tertiary/aromatic N) is 1. The van der Waals surface area contributed by atoms with Crippen molar-refractivity contribution < 1.29 is 4.84 Å². The van der Waals surface area contributed by atoms with Gasteiger partial charge in [-0.25, -0.2) is 0 Å². The fourth-order valence-electron chi connectivity index (χ4n) is 1.17. The molecule has 12 heavy (non-hydrogen) atoms. The van der Waals surface area contributed by atoms with E-state index in [1.807, 2.05) is 24.3 Å². The van der Waals surface area contributed by atoms with Gasteiger partial charge in [0, 0.05) is 17.1 Å². The van der Waals surface area contributed by atoms with Crippen LogP contribution in [0.5, 0.6) is 0 Å². The zero-order valence-corrected chi connectivity index (χ0v) is 7.99. The minimum atomic E-state index is 0.123. The molecule has 3 heteroatoms. The molecule has 1 aliphatic rings. The first-order valence-electron chi connectivity index (χ1n) is 3.79. The number of oxime groups is 1. The summed E-state index contributed by atoms with van der Waals surface area (Å²) in [6.45, 7) is 0. The molecule has 1 aromatic rings. The third kappa shape index (κ3) is 1.50. The molecule has 0 fully saturated rings. The molecule has 1 heterocycles. The molecule has 0 saturated heterocycles. The fourth-order valence-corrected chi connectivity index (χ4v) is 1.44. The molecular weight excluding hydrogens is 218 g/mol. The smallest absolute Gasteiger partial charge is 0.157 e. The topological polar surface area (TPSA) is 21.6 Å². The van der Waals surface area contributed by atoms with Gasteiger partial charge < -0.3 is 4.84 Å². The van der Waals surface area contributed by atoms with Gasteiger partial charge in [0.2, 0.25) is 0 Å². The van der Waals surface area contributed by atoms with E-state index in [9.17, 15) is 0 Å². The molecule has 0 unspecified atom stereocenters. The molecule has 0 saturated carbocycles. The minimum absolute atomic E-state index is 0.123. The van der Waals surface area contributed by atoms with E-state index < -0.39 is 0 Å². The van der Waals surface area contributed by atoms with E-state index in [-0.39, 0.29) is 6.10 Å². The molecule has 0 radical (unpaired) electrons. The second kappa shape index (κ2) is 3.27. The molecule has 2 nitrogen and oxygen atoms in total. The van der Waals surface area contributed by atoms with Gasteiger partial charge in [0.25, 0.3) is 0 Å². The summed E-state index contributed by atoms with van der Waals surface area (Å²) in [6.07, 6.45) is 2.80. The van der Waals surface area contributed by atoms with E-state index in [4.69, 9.17) is 4.84 Å². The maximum absolute atomic E-state index is 5.13. The summed E-state index contributed by atoms with van der Waals surface area (Å²) >= 11 is 3.38. The molecular formula is C9H8BrNO. The zero-order valence-electron chi connectivity index (χ0n) is 6.40. The molecule has 1 aromatic carbocycles. The first-order chi connectivity index (χ1) is 5.86. The molecule has 0 N–H and O–H groups in total. The van der Waals surface area contributed by atoms with Crippen LogP contribution in [0, 0.1) is 0 Å². The Morgan fingerprint density at radius 1 is 1.33 bits per heavy atom. The molecule has 0 amide bonds. The summed E-state index contributed by atoms with van der Waals surface area (Å²) in [5.41, 5.74) is 1.18. The van der Waals surface area contributed by atoms with Crippen molar-refractivity contribution in [2.45, 2.75) is 12.5 Å². The van der Waals surface area contributed by atoms with E-state index in [2.05, 4.69) is 21.1 Å². The Labute approximate surface area is 79.4 Å². The molecule has 0 bridgehead atoms. The van der Waals surface area contributed by atoms with Gasteiger partial charge in [-0.2, -0.15) is 0 Å². The fraction of sp³-hybridized carbons (Fsp3) is 0.222. The molecule has 0 aromatic heterocycles. The van der Waals surface area contributed by atoms with E-state index >= 15 is 0 Å². The van der Waals surface area contributed by atoms with Crippen LogP contribution < -0.4 is 0 Å². The van der Waals surface area contributed by atoms with Crippen LogP contribution in [-0.4, -0.2) is 6.21 Å². The lowest BCUT2D eigenvalue weighted by atomic mass is 10.1. The van der Waals surface area contributed by atoms with Crippen molar-refractivity contribution in [1.29, 1.82) is 0 Å². The summed E-state index contributed by atoms with van der Waals surface area (Å²) in [6, 6.07) is 8.11. The lowest BCUT2D eigenvalue weighted by Crippen LogP contribution is -1.94. The average molecular weight is 226 g/mol. The number of hydrogen-bond donors (Lipinski definition) is 0. The van der Waals surface area contributed by atoms with Gasteiger partial charge in [0.05, 0.1) is 0 Å². The second-order valence-corrected chi connectivity index (χ2v) is 3.58. The van der Waals surface area contributed by atoms with E-state index in [0.29, 0.717) is 0 Å². The molecule has 0 aliphatic carbocycles. The van der Waals surface area contributed by atoms with Crippen LogP contribution in [-0.2, 0) is 4.84 Å². The quantitative estimate of drug-likeness (QED) is 0.721. The van der Waals surface area contributed by atoms with E-state index in [0.717, 1.165) is 10.9 Å². The lowest BCUT2D eigenvalue weighted by molar-refractivity contribution is 0.0858. The molecule has 1 atom stereocenters. The summed E-state index contributed by atoms with van der Waals surface area (Å²) in [5, 5.41) is 3.73. The van der Waals surface area contributed by atoms with Gasteiger partial charge >= 0.3 is 0 Å². The SMILES string of the molecule is Brc1ccc([C@@H]2CC=NO2)cc1. The summed E-state index contributed by atoms with van der Waals surface area (Å²) in [4.78, 5) is 5.13. The van der Waals surface area contributed by atoms with Crippen LogP contribution >= 0.6 is 15.9 Å². The highest BCUT2D eigenvalue weighted by Gasteiger charge is 2.14. The van der Waals surface area contributed by atoms with Crippen molar-refractivity contribution in [2.24, 2.45) is 5.16 Å². The van der Waals surface area contributed by atoms with Crippen LogP contribution in [0.4, 0.5) is 0 Å². The van der Waals surface area contributed by atoms with Crippen LogP contribution in [0.25, 0.3) is 0 Å². The molecule has 0 spiro atoms. The van der Waals surface area contributed by atoms with Gasteiger partial charge in [-0.1, -0.05) is 33.2 Å². The number of hydrogen-bond acceptors (Lipinski definition) is 2. The van der Waals surface area contributed by atoms with Crippen molar-refractivity contribution in [1.82, 2.24) is 0 Å². The Bertz CT molecular complexity index is 286. The Balaban J connectivity index is 2.18. The predicted molar refractivity (Wildman–Crippen MR) is 51.1 cm³/mol. The molecule has 62 valence electrons.